The van der Waals surface area contributed by atoms with Gasteiger partial charge in [-0.2, -0.15) is 0 Å². The second-order valence-electron chi connectivity index (χ2n) is 4.37. The van der Waals surface area contributed by atoms with Gasteiger partial charge >= 0.3 is 0 Å². The van der Waals surface area contributed by atoms with Crippen molar-refractivity contribution in [2.45, 2.75) is 19.9 Å². The van der Waals surface area contributed by atoms with E-state index in [2.05, 4.69) is 10.3 Å². The second-order valence-corrected chi connectivity index (χ2v) is 4.77. The van der Waals surface area contributed by atoms with Crippen molar-refractivity contribution in [3.63, 3.8) is 0 Å². The van der Waals surface area contributed by atoms with E-state index in [9.17, 15) is 4.39 Å². The summed E-state index contributed by atoms with van der Waals surface area (Å²) in [6, 6.07) is 6.75. The normalized spacial score (nSPS) is 12.4. The molecule has 1 N–H and O–H groups in total. The van der Waals surface area contributed by atoms with Gasteiger partial charge < -0.3 is 5.32 Å². The quantitative estimate of drug-likeness (QED) is 0.918. The lowest BCUT2D eigenvalue weighted by atomic mass is 9.96. The number of rotatable bonds is 4. The molecule has 0 fully saturated rings. The first-order chi connectivity index (χ1) is 9.15. The number of aromatic nitrogens is 1. The van der Waals surface area contributed by atoms with E-state index in [1.807, 2.05) is 19.9 Å². The summed E-state index contributed by atoms with van der Waals surface area (Å²) in [5.41, 5.74) is 2.58. The lowest BCUT2D eigenvalue weighted by Crippen LogP contribution is -2.24. The zero-order valence-corrected chi connectivity index (χ0v) is 11.7. The van der Waals surface area contributed by atoms with Gasteiger partial charge in [-0.15, -0.1) is 0 Å². The number of nitrogens with one attached hydrogen (secondary N) is 1. The Bertz CT molecular complexity index is 572. The smallest absolute Gasteiger partial charge is 0.146 e. The van der Waals surface area contributed by atoms with Crippen LogP contribution in [0.2, 0.25) is 5.02 Å². The van der Waals surface area contributed by atoms with Crippen molar-refractivity contribution in [1.82, 2.24) is 10.3 Å². The fourth-order valence-corrected chi connectivity index (χ4v) is 2.30. The maximum absolute atomic E-state index is 14.2. The molecule has 0 aliphatic carbocycles. The minimum atomic E-state index is -0.377. The van der Waals surface area contributed by atoms with Gasteiger partial charge in [-0.1, -0.05) is 30.7 Å². The van der Waals surface area contributed by atoms with Gasteiger partial charge in [0.15, 0.2) is 0 Å². The highest BCUT2D eigenvalue weighted by Gasteiger charge is 2.20. The first-order valence-corrected chi connectivity index (χ1v) is 6.60. The molecule has 0 spiro atoms. The molecule has 0 bridgehead atoms. The van der Waals surface area contributed by atoms with E-state index in [4.69, 9.17) is 11.6 Å². The predicted molar refractivity (Wildman–Crippen MR) is 75.9 cm³/mol. The molecule has 2 nitrogen and oxygen atoms in total. The van der Waals surface area contributed by atoms with E-state index in [-0.39, 0.29) is 16.9 Å². The monoisotopic (exact) mass is 278 g/mol. The first kappa shape index (κ1) is 14.0. The lowest BCUT2D eigenvalue weighted by molar-refractivity contribution is 0.557. The van der Waals surface area contributed by atoms with E-state index < -0.39 is 0 Å². The van der Waals surface area contributed by atoms with Crippen molar-refractivity contribution in [3.05, 3.63) is 64.2 Å². The summed E-state index contributed by atoms with van der Waals surface area (Å²) in [6.45, 7) is 4.70. The Morgan fingerprint density at radius 3 is 2.79 bits per heavy atom. The number of benzene rings is 1. The molecule has 0 saturated carbocycles. The van der Waals surface area contributed by atoms with Gasteiger partial charge in [0, 0.05) is 18.0 Å². The number of halogens is 2. The van der Waals surface area contributed by atoms with Crippen LogP contribution in [-0.4, -0.2) is 11.5 Å². The van der Waals surface area contributed by atoms with Crippen LogP contribution in [0.25, 0.3) is 0 Å². The third kappa shape index (κ3) is 2.94. The maximum Gasteiger partial charge on any atom is 0.146 e. The summed E-state index contributed by atoms with van der Waals surface area (Å²) in [7, 11) is 0. The fourth-order valence-electron chi connectivity index (χ4n) is 2.11. The van der Waals surface area contributed by atoms with Crippen LogP contribution in [0.1, 0.15) is 29.7 Å². The molecule has 2 rings (SSSR count). The third-order valence-electron chi connectivity index (χ3n) is 3.09. The molecule has 1 atom stereocenters. The molecule has 1 heterocycles. The van der Waals surface area contributed by atoms with E-state index in [0.29, 0.717) is 5.56 Å². The van der Waals surface area contributed by atoms with Gasteiger partial charge in [-0.25, -0.2) is 4.39 Å². The van der Waals surface area contributed by atoms with Crippen molar-refractivity contribution in [1.29, 1.82) is 0 Å². The molecule has 100 valence electrons. The highest BCUT2D eigenvalue weighted by atomic mass is 35.5. The number of nitrogens with zero attached hydrogens (tertiary/aromatic N) is 1. The number of hydrogen-bond acceptors (Lipinski definition) is 2. The molecule has 0 aliphatic heterocycles. The summed E-state index contributed by atoms with van der Waals surface area (Å²) < 4.78 is 14.2. The highest BCUT2D eigenvalue weighted by Crippen LogP contribution is 2.29. The predicted octanol–water partition coefficient (Wildman–Crippen LogP) is 3.88. The summed E-state index contributed by atoms with van der Waals surface area (Å²) in [4.78, 5) is 4.13. The van der Waals surface area contributed by atoms with Crippen LogP contribution in [0.3, 0.4) is 0 Å². The molecule has 0 amide bonds. The van der Waals surface area contributed by atoms with Crippen LogP contribution in [0.4, 0.5) is 4.39 Å². The molecule has 4 heteroatoms. The van der Waals surface area contributed by atoms with E-state index in [1.54, 1.807) is 30.6 Å². The Kier molecular flexibility index (Phi) is 4.51. The SMILES string of the molecule is CCNC(c1cnccc1C)c1cccc(Cl)c1F. The fraction of sp³-hybridized carbons (Fsp3) is 0.267. The Morgan fingerprint density at radius 1 is 1.32 bits per heavy atom. The first-order valence-electron chi connectivity index (χ1n) is 6.23. The number of aryl methyl sites for hydroxylation is 1. The van der Waals surface area contributed by atoms with Crippen molar-refractivity contribution < 1.29 is 4.39 Å². The Hall–Kier alpha value is -1.45. The zero-order chi connectivity index (χ0) is 13.8. The average Bonchev–Trinajstić information content (AvgIpc) is 2.41. The standard InChI is InChI=1S/C15H16ClFN2/c1-3-19-15(12-9-18-8-7-10(12)2)11-5-4-6-13(16)14(11)17/h4-9,15,19H,3H2,1-2H3. The van der Waals surface area contributed by atoms with Crippen molar-refractivity contribution in [2.75, 3.05) is 6.54 Å². The van der Waals surface area contributed by atoms with Gasteiger partial charge in [0.2, 0.25) is 0 Å². The highest BCUT2D eigenvalue weighted by molar-refractivity contribution is 6.30. The topological polar surface area (TPSA) is 24.9 Å². The molecular weight excluding hydrogens is 263 g/mol. The molecule has 0 radical (unpaired) electrons. The molecular formula is C15H16ClFN2. The Labute approximate surface area is 117 Å². The minimum absolute atomic E-state index is 0.141. The molecule has 1 aromatic heterocycles. The van der Waals surface area contributed by atoms with E-state index in [1.165, 1.54) is 0 Å². The molecule has 1 aromatic carbocycles. The van der Waals surface area contributed by atoms with Crippen molar-refractivity contribution >= 4 is 11.6 Å². The van der Waals surface area contributed by atoms with Gasteiger partial charge in [-0.05, 0) is 36.7 Å². The van der Waals surface area contributed by atoms with Crippen LogP contribution < -0.4 is 5.32 Å². The average molecular weight is 279 g/mol. The molecule has 0 saturated heterocycles. The van der Waals surface area contributed by atoms with Gasteiger partial charge in [0.25, 0.3) is 0 Å². The van der Waals surface area contributed by atoms with E-state index >= 15 is 0 Å². The van der Waals surface area contributed by atoms with Crippen molar-refractivity contribution in [3.8, 4) is 0 Å². The van der Waals surface area contributed by atoms with Crippen LogP contribution >= 0.6 is 11.6 Å². The molecule has 1 unspecified atom stereocenters. The maximum atomic E-state index is 14.2. The third-order valence-corrected chi connectivity index (χ3v) is 3.38. The molecule has 2 aromatic rings. The van der Waals surface area contributed by atoms with Crippen LogP contribution in [0.15, 0.2) is 36.7 Å². The lowest BCUT2D eigenvalue weighted by Gasteiger charge is -2.21. The summed E-state index contributed by atoms with van der Waals surface area (Å²) >= 11 is 5.87. The minimum Gasteiger partial charge on any atom is -0.306 e. The Morgan fingerprint density at radius 2 is 2.11 bits per heavy atom. The summed E-state index contributed by atoms with van der Waals surface area (Å²) in [5, 5.41) is 3.43. The van der Waals surface area contributed by atoms with Crippen molar-refractivity contribution in [2.24, 2.45) is 0 Å². The second kappa shape index (κ2) is 6.13. The zero-order valence-electron chi connectivity index (χ0n) is 11.0. The van der Waals surface area contributed by atoms with E-state index in [0.717, 1.165) is 17.7 Å². The van der Waals surface area contributed by atoms with Crippen LogP contribution in [-0.2, 0) is 0 Å². The number of hydrogen-bond donors (Lipinski definition) is 1. The molecule has 0 aliphatic rings. The van der Waals surface area contributed by atoms with Gasteiger partial charge in [0.1, 0.15) is 5.82 Å². The van der Waals surface area contributed by atoms with Gasteiger partial charge in [-0.3, -0.25) is 4.98 Å². The van der Waals surface area contributed by atoms with Crippen LogP contribution in [0, 0.1) is 12.7 Å². The number of pyridine rings is 1. The summed E-state index contributed by atoms with van der Waals surface area (Å²) in [6.07, 6.45) is 3.50. The Balaban J connectivity index is 2.52. The summed E-state index contributed by atoms with van der Waals surface area (Å²) in [5.74, 6) is -0.377. The van der Waals surface area contributed by atoms with Gasteiger partial charge in [0.05, 0.1) is 11.1 Å². The largest absolute Gasteiger partial charge is 0.306 e. The molecule has 19 heavy (non-hydrogen) atoms. The van der Waals surface area contributed by atoms with Crippen LogP contribution in [0.5, 0.6) is 0 Å².